The number of ether oxygens (including phenoxy) is 2. The molecule has 0 amide bonds. The van der Waals surface area contributed by atoms with Crippen molar-refractivity contribution >= 4 is 11.6 Å². The molecule has 134 valence electrons. The SMILES string of the molecule is C=C(CCOC)C(Cc1ccc(Cl)c(C(F)(F)F)c1)C(=C)OCC. The van der Waals surface area contributed by atoms with Gasteiger partial charge in [-0.2, -0.15) is 13.2 Å². The average Bonchev–Trinajstić information content (AvgIpc) is 2.50. The smallest absolute Gasteiger partial charge is 0.417 e. The Kier molecular flexibility index (Phi) is 7.84. The van der Waals surface area contributed by atoms with Crippen molar-refractivity contribution in [1.82, 2.24) is 0 Å². The molecule has 24 heavy (non-hydrogen) atoms. The van der Waals surface area contributed by atoms with Crippen LogP contribution in [0.1, 0.15) is 24.5 Å². The van der Waals surface area contributed by atoms with Crippen LogP contribution >= 0.6 is 11.6 Å². The van der Waals surface area contributed by atoms with E-state index in [9.17, 15) is 13.2 Å². The van der Waals surface area contributed by atoms with Gasteiger partial charge in [0.05, 0.1) is 23.0 Å². The van der Waals surface area contributed by atoms with Crippen molar-refractivity contribution in [2.45, 2.75) is 25.9 Å². The summed E-state index contributed by atoms with van der Waals surface area (Å²) in [5, 5.41) is -0.315. The number of allylic oxidation sites excluding steroid dienone is 1. The van der Waals surface area contributed by atoms with Gasteiger partial charge in [-0.15, -0.1) is 0 Å². The second kappa shape index (κ2) is 9.14. The normalized spacial score (nSPS) is 12.8. The van der Waals surface area contributed by atoms with Gasteiger partial charge in [-0.05, 0) is 37.5 Å². The van der Waals surface area contributed by atoms with Gasteiger partial charge in [0.15, 0.2) is 0 Å². The highest BCUT2D eigenvalue weighted by atomic mass is 35.5. The quantitative estimate of drug-likeness (QED) is 0.417. The Hall–Kier alpha value is -1.46. The van der Waals surface area contributed by atoms with Crippen molar-refractivity contribution < 1.29 is 22.6 Å². The molecule has 0 fully saturated rings. The van der Waals surface area contributed by atoms with Crippen molar-refractivity contribution in [3.63, 3.8) is 0 Å². The van der Waals surface area contributed by atoms with Crippen LogP contribution in [0.2, 0.25) is 5.02 Å². The van der Waals surface area contributed by atoms with E-state index in [-0.39, 0.29) is 10.9 Å². The molecule has 0 aromatic heterocycles. The van der Waals surface area contributed by atoms with Gasteiger partial charge in [0.25, 0.3) is 0 Å². The van der Waals surface area contributed by atoms with Gasteiger partial charge in [-0.3, -0.25) is 0 Å². The van der Waals surface area contributed by atoms with Crippen molar-refractivity contribution in [3.8, 4) is 0 Å². The summed E-state index contributed by atoms with van der Waals surface area (Å²) in [6.45, 7) is 10.6. The highest BCUT2D eigenvalue weighted by Gasteiger charge is 2.33. The number of halogens is 4. The van der Waals surface area contributed by atoms with E-state index < -0.39 is 11.7 Å². The molecule has 1 aromatic carbocycles. The molecule has 0 bridgehead atoms. The largest absolute Gasteiger partial charge is 0.498 e. The lowest BCUT2D eigenvalue weighted by Crippen LogP contribution is -2.15. The van der Waals surface area contributed by atoms with Crippen molar-refractivity contribution in [2.75, 3.05) is 20.3 Å². The number of alkyl halides is 3. The lowest BCUT2D eigenvalue weighted by Gasteiger charge is -2.22. The first-order valence-electron chi connectivity index (χ1n) is 7.54. The summed E-state index contributed by atoms with van der Waals surface area (Å²) in [7, 11) is 1.58. The second-order valence-electron chi connectivity index (χ2n) is 5.37. The summed E-state index contributed by atoms with van der Waals surface area (Å²) >= 11 is 5.66. The van der Waals surface area contributed by atoms with Crippen LogP contribution in [0, 0.1) is 5.92 Å². The minimum absolute atomic E-state index is 0.289. The number of rotatable bonds is 9. The van der Waals surface area contributed by atoms with Crippen molar-refractivity contribution in [2.24, 2.45) is 5.92 Å². The molecule has 0 spiro atoms. The van der Waals surface area contributed by atoms with E-state index in [0.717, 1.165) is 11.6 Å². The fourth-order valence-electron chi connectivity index (χ4n) is 2.33. The van der Waals surface area contributed by atoms with Crippen LogP contribution in [0.3, 0.4) is 0 Å². The third kappa shape index (κ3) is 5.87. The molecule has 0 N–H and O–H groups in total. The maximum atomic E-state index is 13.0. The predicted molar refractivity (Wildman–Crippen MR) is 90.0 cm³/mol. The van der Waals surface area contributed by atoms with E-state index in [2.05, 4.69) is 13.2 Å². The topological polar surface area (TPSA) is 18.5 Å². The average molecular weight is 363 g/mol. The first kappa shape index (κ1) is 20.6. The Labute approximate surface area is 145 Å². The Morgan fingerprint density at radius 2 is 1.96 bits per heavy atom. The molecule has 1 atom stereocenters. The van der Waals surface area contributed by atoms with Gasteiger partial charge in [0.2, 0.25) is 0 Å². The Morgan fingerprint density at radius 3 is 2.50 bits per heavy atom. The fraction of sp³-hybridized carbons (Fsp3) is 0.444. The fourth-order valence-corrected chi connectivity index (χ4v) is 2.56. The summed E-state index contributed by atoms with van der Waals surface area (Å²) in [6, 6.07) is 3.91. The molecular weight excluding hydrogens is 341 g/mol. The Bertz CT molecular complexity index is 582. The maximum absolute atomic E-state index is 13.0. The summed E-state index contributed by atoms with van der Waals surface area (Å²) in [5.74, 6) is 0.199. The molecule has 0 aliphatic heterocycles. The maximum Gasteiger partial charge on any atom is 0.417 e. The van der Waals surface area contributed by atoms with E-state index in [1.54, 1.807) is 13.2 Å². The first-order valence-corrected chi connectivity index (χ1v) is 7.92. The molecule has 0 saturated carbocycles. The van der Waals surface area contributed by atoms with Gasteiger partial charge in [0, 0.05) is 19.6 Å². The molecular formula is C18H22ClF3O2. The molecule has 1 aromatic rings. The van der Waals surface area contributed by atoms with E-state index >= 15 is 0 Å². The minimum Gasteiger partial charge on any atom is -0.498 e. The number of hydrogen-bond acceptors (Lipinski definition) is 2. The van der Waals surface area contributed by atoms with Gasteiger partial charge in [-0.1, -0.05) is 36.4 Å². The molecule has 6 heteroatoms. The molecule has 0 heterocycles. The zero-order chi connectivity index (χ0) is 18.3. The highest BCUT2D eigenvalue weighted by molar-refractivity contribution is 6.31. The number of benzene rings is 1. The van der Waals surface area contributed by atoms with Gasteiger partial charge in [-0.25, -0.2) is 0 Å². The lowest BCUT2D eigenvalue weighted by atomic mass is 9.89. The van der Waals surface area contributed by atoms with Gasteiger partial charge in [0.1, 0.15) is 0 Å². The summed E-state index contributed by atoms with van der Waals surface area (Å²) in [6.07, 6.45) is -3.61. The van der Waals surface area contributed by atoms with Crippen molar-refractivity contribution in [3.05, 3.63) is 58.8 Å². The van der Waals surface area contributed by atoms with Crippen LogP contribution in [-0.4, -0.2) is 20.3 Å². The zero-order valence-electron chi connectivity index (χ0n) is 13.9. The van der Waals surface area contributed by atoms with E-state index in [1.165, 1.54) is 6.07 Å². The van der Waals surface area contributed by atoms with E-state index in [4.69, 9.17) is 21.1 Å². The molecule has 1 unspecified atom stereocenters. The first-order chi connectivity index (χ1) is 11.2. The standard InChI is InChI=1S/C18H22ClF3O2/c1-5-24-13(3)15(12(2)8-9-23-4)10-14-6-7-17(19)16(11-14)18(20,21)22/h6-7,11,15H,2-3,5,8-10H2,1,4H3. The lowest BCUT2D eigenvalue weighted by molar-refractivity contribution is -0.137. The van der Waals surface area contributed by atoms with Crippen LogP contribution in [0.15, 0.2) is 42.7 Å². The predicted octanol–water partition coefficient (Wildman–Crippen LogP) is 5.66. The van der Waals surface area contributed by atoms with Crippen molar-refractivity contribution in [1.29, 1.82) is 0 Å². The highest BCUT2D eigenvalue weighted by Crippen LogP contribution is 2.36. The monoisotopic (exact) mass is 362 g/mol. The number of methoxy groups -OCH3 is 1. The summed E-state index contributed by atoms with van der Waals surface area (Å²) in [5.41, 5.74) is 0.458. The second-order valence-corrected chi connectivity index (χ2v) is 5.78. The molecule has 0 radical (unpaired) electrons. The molecule has 0 aliphatic rings. The van der Waals surface area contributed by atoms with Crippen LogP contribution in [0.25, 0.3) is 0 Å². The third-order valence-electron chi connectivity index (χ3n) is 3.61. The molecule has 1 rings (SSSR count). The third-order valence-corrected chi connectivity index (χ3v) is 3.94. The Morgan fingerprint density at radius 1 is 1.29 bits per heavy atom. The van der Waals surface area contributed by atoms with E-state index in [0.29, 0.717) is 37.4 Å². The molecule has 0 saturated heterocycles. The van der Waals surface area contributed by atoms with Crippen LogP contribution < -0.4 is 0 Å². The summed E-state index contributed by atoms with van der Waals surface area (Å²) < 4.78 is 49.5. The van der Waals surface area contributed by atoms with Crippen LogP contribution in [0.5, 0.6) is 0 Å². The van der Waals surface area contributed by atoms with E-state index in [1.807, 2.05) is 6.92 Å². The van der Waals surface area contributed by atoms with Gasteiger partial charge < -0.3 is 9.47 Å². The Balaban J connectivity index is 3.05. The zero-order valence-corrected chi connectivity index (χ0v) is 14.6. The minimum atomic E-state index is -4.49. The summed E-state index contributed by atoms with van der Waals surface area (Å²) in [4.78, 5) is 0. The van der Waals surface area contributed by atoms with Crippen LogP contribution in [0.4, 0.5) is 13.2 Å². The molecule has 0 aliphatic carbocycles. The van der Waals surface area contributed by atoms with Gasteiger partial charge >= 0.3 is 6.18 Å². The molecule has 2 nitrogen and oxygen atoms in total. The van der Waals surface area contributed by atoms with Crippen LogP contribution in [-0.2, 0) is 22.1 Å². The number of hydrogen-bond donors (Lipinski definition) is 0.